The standard InChI is InChI=1S/C14H18ClFN2O3/c1-2-3-10(13(19)20)8-18-14(21)17-7-9-4-5-12(16)11(15)6-9/h4-6,10H,2-3,7-8H2,1H3,(H,19,20)(H2,17,18,21). The molecule has 1 rings (SSSR count). The Morgan fingerprint density at radius 1 is 1.38 bits per heavy atom. The van der Waals surface area contributed by atoms with Gasteiger partial charge in [-0.25, -0.2) is 9.18 Å². The Bertz CT molecular complexity index is 511. The highest BCUT2D eigenvalue weighted by Crippen LogP contribution is 2.15. The van der Waals surface area contributed by atoms with Gasteiger partial charge in [0.15, 0.2) is 0 Å². The first-order valence-corrected chi connectivity index (χ1v) is 7.00. The third-order valence-corrected chi connectivity index (χ3v) is 3.22. The second-order valence-electron chi connectivity index (χ2n) is 4.64. The number of hydrogen-bond acceptors (Lipinski definition) is 2. The molecule has 5 nitrogen and oxygen atoms in total. The van der Waals surface area contributed by atoms with Crippen LogP contribution < -0.4 is 10.6 Å². The van der Waals surface area contributed by atoms with Crippen LogP contribution in [0.15, 0.2) is 18.2 Å². The molecule has 0 aromatic heterocycles. The summed E-state index contributed by atoms with van der Waals surface area (Å²) >= 11 is 5.63. The number of benzene rings is 1. The van der Waals surface area contributed by atoms with Crippen LogP contribution in [-0.2, 0) is 11.3 Å². The molecule has 0 spiro atoms. The molecule has 0 fully saturated rings. The minimum Gasteiger partial charge on any atom is -0.481 e. The maximum atomic E-state index is 13.0. The molecule has 0 aliphatic rings. The zero-order valence-electron chi connectivity index (χ0n) is 11.7. The first kappa shape index (κ1) is 17.2. The molecular weight excluding hydrogens is 299 g/mol. The molecule has 21 heavy (non-hydrogen) atoms. The summed E-state index contributed by atoms with van der Waals surface area (Å²) in [5.74, 6) is -2.04. The fourth-order valence-corrected chi connectivity index (χ4v) is 1.97. The van der Waals surface area contributed by atoms with Gasteiger partial charge in [0.1, 0.15) is 5.82 Å². The molecule has 1 atom stereocenters. The lowest BCUT2D eigenvalue weighted by Crippen LogP contribution is -2.39. The molecule has 0 aliphatic heterocycles. The number of urea groups is 1. The molecule has 0 saturated heterocycles. The smallest absolute Gasteiger partial charge is 0.315 e. The number of rotatable bonds is 7. The van der Waals surface area contributed by atoms with Gasteiger partial charge in [-0.2, -0.15) is 0 Å². The molecule has 0 radical (unpaired) electrons. The van der Waals surface area contributed by atoms with Gasteiger partial charge in [0, 0.05) is 13.1 Å². The number of halogens is 2. The van der Waals surface area contributed by atoms with Crippen LogP contribution >= 0.6 is 11.6 Å². The Hall–Kier alpha value is -1.82. The van der Waals surface area contributed by atoms with Crippen LogP contribution in [0, 0.1) is 11.7 Å². The predicted octanol–water partition coefficient (Wildman–Crippen LogP) is 2.78. The highest BCUT2D eigenvalue weighted by Gasteiger charge is 2.16. The predicted molar refractivity (Wildman–Crippen MR) is 77.7 cm³/mol. The molecule has 1 unspecified atom stereocenters. The van der Waals surface area contributed by atoms with Crippen LogP contribution in [0.5, 0.6) is 0 Å². The van der Waals surface area contributed by atoms with Gasteiger partial charge in [-0.05, 0) is 24.1 Å². The lowest BCUT2D eigenvalue weighted by Gasteiger charge is -2.13. The minimum absolute atomic E-state index is 0.0106. The Morgan fingerprint density at radius 3 is 2.67 bits per heavy atom. The molecule has 0 aliphatic carbocycles. The van der Waals surface area contributed by atoms with Crippen molar-refractivity contribution in [1.82, 2.24) is 10.6 Å². The number of aliphatic carboxylic acids is 1. The summed E-state index contributed by atoms with van der Waals surface area (Å²) < 4.78 is 13.0. The number of nitrogens with one attached hydrogen (secondary N) is 2. The third-order valence-electron chi connectivity index (χ3n) is 2.93. The average molecular weight is 317 g/mol. The maximum absolute atomic E-state index is 13.0. The quantitative estimate of drug-likeness (QED) is 0.723. The highest BCUT2D eigenvalue weighted by molar-refractivity contribution is 6.30. The van der Waals surface area contributed by atoms with Crippen LogP contribution in [-0.4, -0.2) is 23.7 Å². The van der Waals surface area contributed by atoms with Crippen molar-refractivity contribution in [2.75, 3.05) is 6.54 Å². The first-order valence-electron chi connectivity index (χ1n) is 6.62. The normalized spacial score (nSPS) is 11.8. The Labute approximate surface area is 127 Å². The Balaban J connectivity index is 2.39. The molecule has 7 heteroatoms. The van der Waals surface area contributed by atoms with Crippen LogP contribution in [0.4, 0.5) is 9.18 Å². The van der Waals surface area contributed by atoms with Crippen molar-refractivity contribution in [2.24, 2.45) is 5.92 Å². The number of amides is 2. The van der Waals surface area contributed by atoms with E-state index >= 15 is 0 Å². The van der Waals surface area contributed by atoms with E-state index < -0.39 is 23.7 Å². The van der Waals surface area contributed by atoms with E-state index in [4.69, 9.17) is 16.7 Å². The van der Waals surface area contributed by atoms with Crippen LogP contribution in [0.3, 0.4) is 0 Å². The summed E-state index contributed by atoms with van der Waals surface area (Å²) in [6.07, 6.45) is 1.23. The van der Waals surface area contributed by atoms with Crippen molar-refractivity contribution >= 4 is 23.6 Å². The largest absolute Gasteiger partial charge is 0.481 e. The number of carboxylic acid groups (broad SMARTS) is 1. The van der Waals surface area contributed by atoms with E-state index in [1.165, 1.54) is 18.2 Å². The summed E-state index contributed by atoms with van der Waals surface area (Å²) in [6, 6.07) is 3.68. The summed E-state index contributed by atoms with van der Waals surface area (Å²) in [5.41, 5.74) is 0.653. The fourth-order valence-electron chi connectivity index (χ4n) is 1.77. The van der Waals surface area contributed by atoms with Crippen molar-refractivity contribution in [3.05, 3.63) is 34.6 Å². The molecule has 0 bridgehead atoms. The Kier molecular flexibility index (Phi) is 6.94. The maximum Gasteiger partial charge on any atom is 0.315 e. The lowest BCUT2D eigenvalue weighted by atomic mass is 10.0. The average Bonchev–Trinajstić information content (AvgIpc) is 2.44. The SMILES string of the molecule is CCCC(CNC(=O)NCc1ccc(F)c(Cl)c1)C(=O)O. The lowest BCUT2D eigenvalue weighted by molar-refractivity contribution is -0.141. The van der Waals surface area contributed by atoms with Crippen molar-refractivity contribution in [3.63, 3.8) is 0 Å². The second kappa shape index (κ2) is 8.46. The summed E-state index contributed by atoms with van der Waals surface area (Å²) in [5, 5.41) is 14.0. The minimum atomic E-state index is -0.928. The van der Waals surface area contributed by atoms with E-state index in [9.17, 15) is 14.0 Å². The van der Waals surface area contributed by atoms with Gasteiger partial charge in [0.05, 0.1) is 10.9 Å². The van der Waals surface area contributed by atoms with Crippen LogP contribution in [0.25, 0.3) is 0 Å². The third kappa shape index (κ3) is 5.99. The van der Waals surface area contributed by atoms with Gasteiger partial charge < -0.3 is 15.7 Å². The van der Waals surface area contributed by atoms with Crippen molar-refractivity contribution < 1.29 is 19.1 Å². The number of hydrogen-bond donors (Lipinski definition) is 3. The molecule has 0 saturated carbocycles. The van der Waals surface area contributed by atoms with Gasteiger partial charge >= 0.3 is 12.0 Å². The molecule has 116 valence electrons. The second-order valence-corrected chi connectivity index (χ2v) is 5.04. The van der Waals surface area contributed by atoms with Gasteiger partial charge in [0.25, 0.3) is 0 Å². The summed E-state index contributed by atoms with van der Waals surface area (Å²) in [4.78, 5) is 22.5. The van der Waals surface area contributed by atoms with Gasteiger partial charge in [-0.1, -0.05) is 31.0 Å². The van der Waals surface area contributed by atoms with E-state index in [0.717, 1.165) is 6.42 Å². The fraction of sp³-hybridized carbons (Fsp3) is 0.429. The van der Waals surface area contributed by atoms with E-state index in [1.807, 2.05) is 6.92 Å². The van der Waals surface area contributed by atoms with Gasteiger partial charge in [-0.3, -0.25) is 4.79 Å². The number of carbonyl (C=O) groups is 2. The van der Waals surface area contributed by atoms with E-state index in [1.54, 1.807) is 0 Å². The van der Waals surface area contributed by atoms with Crippen LogP contribution in [0.2, 0.25) is 5.02 Å². The zero-order chi connectivity index (χ0) is 15.8. The first-order chi connectivity index (χ1) is 9.93. The molecule has 2 amide bonds. The van der Waals surface area contributed by atoms with Crippen molar-refractivity contribution in [1.29, 1.82) is 0 Å². The summed E-state index contributed by atoms with van der Waals surface area (Å²) in [7, 11) is 0. The number of carboxylic acids is 1. The topological polar surface area (TPSA) is 78.4 Å². The van der Waals surface area contributed by atoms with Crippen LogP contribution in [0.1, 0.15) is 25.3 Å². The molecular formula is C14H18ClFN2O3. The van der Waals surface area contributed by atoms with E-state index in [2.05, 4.69) is 10.6 Å². The molecule has 0 heterocycles. The number of carbonyl (C=O) groups excluding carboxylic acids is 1. The van der Waals surface area contributed by atoms with Gasteiger partial charge in [0.2, 0.25) is 0 Å². The van der Waals surface area contributed by atoms with Gasteiger partial charge in [-0.15, -0.1) is 0 Å². The Morgan fingerprint density at radius 2 is 2.10 bits per heavy atom. The molecule has 1 aromatic rings. The molecule has 1 aromatic carbocycles. The van der Waals surface area contributed by atoms with Crippen molar-refractivity contribution in [3.8, 4) is 0 Å². The van der Waals surface area contributed by atoms with E-state index in [0.29, 0.717) is 12.0 Å². The summed E-state index contributed by atoms with van der Waals surface area (Å²) in [6.45, 7) is 2.13. The molecule has 3 N–H and O–H groups in total. The monoisotopic (exact) mass is 316 g/mol. The van der Waals surface area contributed by atoms with E-state index in [-0.39, 0.29) is 18.1 Å². The van der Waals surface area contributed by atoms with Crippen molar-refractivity contribution in [2.45, 2.75) is 26.3 Å². The highest BCUT2D eigenvalue weighted by atomic mass is 35.5. The zero-order valence-corrected chi connectivity index (χ0v) is 12.4.